The topological polar surface area (TPSA) is 66.2 Å². The number of hydrogen-bond acceptors (Lipinski definition) is 5. The van der Waals surface area contributed by atoms with Crippen LogP contribution < -0.4 is 4.74 Å². The molecule has 0 fully saturated rings. The van der Waals surface area contributed by atoms with Crippen LogP contribution in [0.5, 0.6) is 5.88 Å². The zero-order valence-corrected chi connectivity index (χ0v) is 14.2. The lowest BCUT2D eigenvalue weighted by Gasteiger charge is -2.16. The summed E-state index contributed by atoms with van der Waals surface area (Å²) < 4.78 is 38.5. The fraction of sp³-hybridized carbons (Fsp3) is 0.278. The molecule has 1 aromatic carbocycles. The zero-order valence-electron chi connectivity index (χ0n) is 14.2. The summed E-state index contributed by atoms with van der Waals surface area (Å²) in [6.45, 7) is 0.774. The smallest absolute Gasteiger partial charge is 0.344 e. The van der Waals surface area contributed by atoms with Crippen LogP contribution in [-0.2, 0) is 4.74 Å². The Kier molecular flexibility index (Phi) is 5.11. The molecule has 8 heteroatoms. The Balaban J connectivity index is 1.91. The van der Waals surface area contributed by atoms with Crippen LogP contribution >= 0.6 is 0 Å². The van der Waals surface area contributed by atoms with E-state index in [2.05, 4.69) is 9.97 Å². The summed E-state index contributed by atoms with van der Waals surface area (Å²) in [6.07, 6.45) is 0.500. The second-order valence-corrected chi connectivity index (χ2v) is 5.44. The normalized spacial score (nSPS) is 12.3. The van der Waals surface area contributed by atoms with Gasteiger partial charge < -0.3 is 9.47 Å². The van der Waals surface area contributed by atoms with Gasteiger partial charge in [0.05, 0.1) is 17.6 Å². The highest BCUT2D eigenvalue weighted by atomic mass is 19.3. The Morgan fingerprint density at radius 1 is 1.23 bits per heavy atom. The molecule has 1 atom stereocenters. The van der Waals surface area contributed by atoms with Gasteiger partial charge >= 0.3 is 12.5 Å². The number of alkyl halides is 2. The van der Waals surface area contributed by atoms with Gasteiger partial charge in [-0.15, -0.1) is 0 Å². The van der Waals surface area contributed by atoms with Crippen molar-refractivity contribution in [3.8, 4) is 5.88 Å². The second-order valence-electron chi connectivity index (χ2n) is 5.44. The summed E-state index contributed by atoms with van der Waals surface area (Å²) in [5, 5.41) is 0. The number of aromatic nitrogens is 3. The first kappa shape index (κ1) is 17.8. The van der Waals surface area contributed by atoms with Gasteiger partial charge in [-0.2, -0.15) is 8.78 Å². The summed E-state index contributed by atoms with van der Waals surface area (Å²) in [4.78, 5) is 20.6. The number of ether oxygens (including phenoxy) is 2. The number of halogens is 2. The molecule has 2 heterocycles. The Morgan fingerprint density at radius 2 is 2.00 bits per heavy atom. The highest BCUT2D eigenvalue weighted by Crippen LogP contribution is 2.29. The van der Waals surface area contributed by atoms with E-state index in [1.54, 1.807) is 37.3 Å². The van der Waals surface area contributed by atoms with Crippen molar-refractivity contribution in [3.63, 3.8) is 0 Å². The van der Waals surface area contributed by atoms with Crippen LogP contribution in [0.25, 0.3) is 11.0 Å². The van der Waals surface area contributed by atoms with E-state index >= 15 is 0 Å². The third-order valence-electron chi connectivity index (χ3n) is 3.74. The lowest BCUT2D eigenvalue weighted by atomic mass is 10.2. The fourth-order valence-electron chi connectivity index (χ4n) is 2.63. The number of carbonyl (C=O) groups is 1. The molecule has 0 saturated heterocycles. The Hall–Kier alpha value is -3.03. The molecule has 0 spiro atoms. The molecule has 0 aliphatic rings. The molecule has 3 aromatic rings. The SMILES string of the molecule is CCOc1ncccc1C(=O)OC(C)c1nc2ccccc2n1C(F)F. The van der Waals surface area contributed by atoms with Gasteiger partial charge in [0.1, 0.15) is 5.56 Å². The van der Waals surface area contributed by atoms with E-state index in [0.29, 0.717) is 12.1 Å². The second kappa shape index (κ2) is 7.47. The van der Waals surface area contributed by atoms with Gasteiger partial charge in [-0.05, 0) is 38.1 Å². The van der Waals surface area contributed by atoms with Crippen molar-refractivity contribution in [1.29, 1.82) is 0 Å². The number of benzene rings is 1. The standard InChI is InChI=1S/C18H17F2N3O3/c1-3-25-16-12(7-6-10-21-16)17(24)26-11(2)15-22-13-8-4-5-9-14(13)23(15)18(19)20/h4-11,18H,3H2,1-2H3. The lowest BCUT2D eigenvalue weighted by molar-refractivity contribution is 0.0229. The van der Waals surface area contributed by atoms with Crippen molar-refractivity contribution >= 4 is 17.0 Å². The van der Waals surface area contributed by atoms with E-state index in [9.17, 15) is 13.6 Å². The molecular weight excluding hydrogens is 344 g/mol. The minimum absolute atomic E-state index is 0.0311. The van der Waals surface area contributed by atoms with Crippen LogP contribution in [0.4, 0.5) is 8.78 Å². The number of carbonyl (C=O) groups excluding carboxylic acids is 1. The number of fused-ring (bicyclic) bond motifs is 1. The minimum atomic E-state index is -2.81. The maximum atomic E-state index is 13.5. The number of rotatable bonds is 6. The first-order valence-electron chi connectivity index (χ1n) is 8.06. The number of hydrogen-bond donors (Lipinski definition) is 0. The Labute approximate surface area is 148 Å². The molecule has 136 valence electrons. The maximum absolute atomic E-state index is 13.5. The van der Waals surface area contributed by atoms with Gasteiger partial charge in [-0.3, -0.25) is 4.57 Å². The molecule has 3 rings (SSSR count). The Morgan fingerprint density at radius 3 is 2.73 bits per heavy atom. The first-order chi connectivity index (χ1) is 12.5. The molecule has 0 amide bonds. The summed E-state index contributed by atoms with van der Waals surface area (Å²) in [5.74, 6) is -0.618. The van der Waals surface area contributed by atoms with Gasteiger partial charge in [0, 0.05) is 6.20 Å². The number of pyridine rings is 1. The van der Waals surface area contributed by atoms with Gasteiger partial charge in [-0.1, -0.05) is 12.1 Å². The van der Waals surface area contributed by atoms with E-state index in [0.717, 1.165) is 4.57 Å². The first-order valence-corrected chi connectivity index (χ1v) is 8.06. The largest absolute Gasteiger partial charge is 0.477 e. The third-order valence-corrected chi connectivity index (χ3v) is 3.74. The molecule has 0 saturated carbocycles. The summed E-state index contributed by atoms with van der Waals surface area (Å²) >= 11 is 0. The quantitative estimate of drug-likeness (QED) is 0.617. The van der Waals surface area contributed by atoms with Crippen LogP contribution in [0, 0.1) is 0 Å². The molecule has 0 aliphatic heterocycles. The van der Waals surface area contributed by atoms with Crippen molar-refractivity contribution in [2.24, 2.45) is 0 Å². The van der Waals surface area contributed by atoms with E-state index in [1.165, 1.54) is 19.2 Å². The summed E-state index contributed by atoms with van der Waals surface area (Å²) in [6, 6.07) is 9.59. The van der Waals surface area contributed by atoms with Crippen molar-refractivity contribution in [2.45, 2.75) is 26.5 Å². The lowest BCUT2D eigenvalue weighted by Crippen LogP contribution is -2.15. The maximum Gasteiger partial charge on any atom is 0.344 e. The van der Waals surface area contributed by atoms with Gasteiger partial charge in [0.25, 0.3) is 0 Å². The van der Waals surface area contributed by atoms with Crippen LogP contribution in [0.15, 0.2) is 42.6 Å². The van der Waals surface area contributed by atoms with Gasteiger partial charge in [-0.25, -0.2) is 14.8 Å². The average Bonchev–Trinajstić information content (AvgIpc) is 3.02. The predicted molar refractivity (Wildman–Crippen MR) is 90.2 cm³/mol. The van der Waals surface area contributed by atoms with Crippen LogP contribution in [0.3, 0.4) is 0 Å². The molecule has 0 bridgehead atoms. The van der Waals surface area contributed by atoms with Crippen molar-refractivity contribution in [3.05, 3.63) is 54.0 Å². The van der Waals surface area contributed by atoms with Crippen LogP contribution in [-0.4, -0.2) is 27.1 Å². The van der Waals surface area contributed by atoms with E-state index in [-0.39, 0.29) is 22.8 Å². The van der Waals surface area contributed by atoms with Gasteiger partial charge in [0.15, 0.2) is 11.9 Å². The molecular formula is C18H17F2N3O3. The summed E-state index contributed by atoms with van der Waals surface area (Å²) in [7, 11) is 0. The van der Waals surface area contributed by atoms with Crippen molar-refractivity contribution in [2.75, 3.05) is 6.61 Å². The molecule has 1 unspecified atom stereocenters. The van der Waals surface area contributed by atoms with Gasteiger partial charge in [0.2, 0.25) is 5.88 Å². The number of imidazole rings is 1. The predicted octanol–water partition coefficient (Wildman–Crippen LogP) is 4.14. The van der Waals surface area contributed by atoms with Crippen molar-refractivity contribution < 1.29 is 23.0 Å². The number of para-hydroxylation sites is 2. The minimum Gasteiger partial charge on any atom is -0.477 e. The molecule has 0 aliphatic carbocycles. The number of esters is 1. The summed E-state index contributed by atoms with van der Waals surface area (Å²) in [5.41, 5.74) is 0.805. The van der Waals surface area contributed by atoms with Crippen molar-refractivity contribution in [1.82, 2.24) is 14.5 Å². The molecule has 26 heavy (non-hydrogen) atoms. The Bertz CT molecular complexity index is 927. The average molecular weight is 361 g/mol. The third kappa shape index (κ3) is 3.35. The van der Waals surface area contributed by atoms with Crippen LogP contribution in [0.2, 0.25) is 0 Å². The zero-order chi connectivity index (χ0) is 18.7. The van der Waals surface area contributed by atoms with E-state index < -0.39 is 18.6 Å². The fourth-order valence-corrected chi connectivity index (χ4v) is 2.63. The number of nitrogens with zero attached hydrogens (tertiary/aromatic N) is 3. The van der Waals surface area contributed by atoms with E-state index in [4.69, 9.17) is 9.47 Å². The monoisotopic (exact) mass is 361 g/mol. The molecule has 0 radical (unpaired) electrons. The van der Waals surface area contributed by atoms with E-state index in [1.807, 2.05) is 0 Å². The van der Waals surface area contributed by atoms with Crippen LogP contribution in [0.1, 0.15) is 42.7 Å². The molecule has 6 nitrogen and oxygen atoms in total. The molecule has 0 N–H and O–H groups in total. The highest BCUT2D eigenvalue weighted by Gasteiger charge is 2.25. The highest BCUT2D eigenvalue weighted by molar-refractivity contribution is 5.92. The molecule has 2 aromatic heterocycles.